The minimum atomic E-state index is -1.16. The van der Waals surface area contributed by atoms with E-state index in [2.05, 4.69) is 20.9 Å². The molecule has 1 atom stereocenters. The third-order valence-electron chi connectivity index (χ3n) is 5.61. The number of nitrogens with zero attached hydrogens (tertiary/aromatic N) is 1. The number of anilines is 1. The van der Waals surface area contributed by atoms with Gasteiger partial charge in [-0.25, -0.2) is 14.6 Å². The molecule has 0 bridgehead atoms. The van der Waals surface area contributed by atoms with Gasteiger partial charge in [-0.15, -0.1) is 0 Å². The largest absolute Gasteiger partial charge is 0.480 e. The quantitative estimate of drug-likeness (QED) is 0.134. The first-order chi connectivity index (χ1) is 19.7. The first-order valence-electron chi connectivity index (χ1n) is 12.6. The summed E-state index contributed by atoms with van der Waals surface area (Å²) in [5, 5.41) is 27.9. The third-order valence-corrected chi connectivity index (χ3v) is 6.17. The summed E-state index contributed by atoms with van der Waals surface area (Å²) < 4.78 is 16.1. The Labute approximate surface area is 245 Å². The number of oxazole rings is 1. The van der Waals surface area contributed by atoms with Crippen molar-refractivity contribution in [3.63, 3.8) is 0 Å². The zero-order valence-electron chi connectivity index (χ0n) is 21.9. The molecule has 5 N–H and O–H groups in total. The Morgan fingerprint density at radius 3 is 2.56 bits per heavy atom. The molecule has 0 saturated carbocycles. The molecule has 0 aliphatic heterocycles. The predicted octanol–water partition coefficient (Wildman–Crippen LogP) is 3.54. The van der Waals surface area contributed by atoms with E-state index in [-0.39, 0.29) is 37.6 Å². The summed E-state index contributed by atoms with van der Waals surface area (Å²) in [6.07, 6.45) is 1.86. The second-order valence-corrected chi connectivity index (χ2v) is 9.46. The molecule has 14 heteroatoms. The average molecular weight is 609 g/mol. The van der Waals surface area contributed by atoms with Crippen LogP contribution in [0.25, 0.3) is 11.3 Å². The molecule has 220 valence electrons. The van der Waals surface area contributed by atoms with Gasteiger partial charge in [-0.05, 0) is 43.3 Å². The molecule has 0 fully saturated rings. The van der Waals surface area contributed by atoms with Crippen LogP contribution >= 0.6 is 23.2 Å². The fourth-order valence-corrected chi connectivity index (χ4v) is 4.02. The molecule has 3 rings (SSSR count). The smallest absolute Gasteiger partial charge is 0.337 e. The van der Waals surface area contributed by atoms with E-state index in [9.17, 15) is 19.5 Å². The number of aromatic nitrogens is 1. The van der Waals surface area contributed by atoms with Crippen LogP contribution in [-0.2, 0) is 25.6 Å². The van der Waals surface area contributed by atoms with Crippen molar-refractivity contribution in [3.05, 3.63) is 70.2 Å². The topological polar surface area (TPSA) is 172 Å². The van der Waals surface area contributed by atoms with Gasteiger partial charge in [-0.2, -0.15) is 0 Å². The summed E-state index contributed by atoms with van der Waals surface area (Å²) in [7, 11) is 0. The van der Waals surface area contributed by atoms with Gasteiger partial charge in [0, 0.05) is 17.1 Å². The van der Waals surface area contributed by atoms with Crippen molar-refractivity contribution in [2.24, 2.45) is 0 Å². The zero-order valence-corrected chi connectivity index (χ0v) is 23.4. The van der Waals surface area contributed by atoms with Crippen LogP contribution in [0.3, 0.4) is 0 Å². The van der Waals surface area contributed by atoms with Crippen molar-refractivity contribution < 1.29 is 38.5 Å². The molecule has 3 aromatic rings. The number of rotatable bonds is 18. The first kappa shape index (κ1) is 32.0. The van der Waals surface area contributed by atoms with Crippen LogP contribution in [0.4, 0.5) is 5.69 Å². The highest BCUT2D eigenvalue weighted by molar-refractivity contribution is 6.35. The number of nitrogens with one attached hydrogen (secondary N) is 3. The Bertz CT molecular complexity index is 1320. The van der Waals surface area contributed by atoms with Crippen LogP contribution in [-0.4, -0.2) is 78.6 Å². The lowest BCUT2D eigenvalue weighted by Crippen LogP contribution is -2.42. The lowest BCUT2D eigenvalue weighted by atomic mass is 10.1. The van der Waals surface area contributed by atoms with Crippen LogP contribution in [0, 0.1) is 0 Å². The third kappa shape index (κ3) is 10.8. The number of halogens is 2. The number of benzene rings is 2. The van der Waals surface area contributed by atoms with E-state index in [4.69, 9.17) is 42.2 Å². The molecule has 0 saturated heterocycles. The first-order valence-corrected chi connectivity index (χ1v) is 13.3. The molecule has 41 heavy (non-hydrogen) atoms. The van der Waals surface area contributed by atoms with E-state index < -0.39 is 23.9 Å². The molecular formula is C27H30Cl2N4O8. The number of aliphatic carboxylic acids is 1. The number of carboxylic acids is 2. The predicted molar refractivity (Wildman–Crippen MR) is 151 cm³/mol. The second kappa shape index (κ2) is 16.7. The molecule has 0 aliphatic carbocycles. The van der Waals surface area contributed by atoms with Crippen molar-refractivity contribution in [2.45, 2.75) is 19.0 Å². The maximum absolute atomic E-state index is 13.2. The summed E-state index contributed by atoms with van der Waals surface area (Å²) in [4.78, 5) is 39.4. The minimum absolute atomic E-state index is 0.0297. The highest BCUT2D eigenvalue weighted by Gasteiger charge is 2.21. The highest BCUT2D eigenvalue weighted by Crippen LogP contribution is 2.31. The van der Waals surface area contributed by atoms with E-state index in [1.807, 2.05) is 0 Å². The fraction of sp³-hybridized carbons (Fsp3) is 0.333. The zero-order chi connectivity index (χ0) is 29.6. The number of amides is 1. The normalized spacial score (nSPS) is 11.8. The molecule has 1 heterocycles. The lowest BCUT2D eigenvalue weighted by molar-refractivity contribution is -0.142. The van der Waals surface area contributed by atoms with Crippen molar-refractivity contribution in [1.29, 1.82) is 0 Å². The number of ether oxygens (including phenoxy) is 2. The van der Waals surface area contributed by atoms with E-state index in [1.165, 1.54) is 18.3 Å². The van der Waals surface area contributed by atoms with Gasteiger partial charge < -0.3 is 34.7 Å². The fourth-order valence-electron chi connectivity index (χ4n) is 3.63. The summed E-state index contributed by atoms with van der Waals surface area (Å²) in [5.41, 5.74) is 0.729. The molecule has 1 amide bonds. The number of carbonyl (C=O) groups excluding carboxylic acids is 1. The maximum Gasteiger partial charge on any atom is 0.337 e. The molecule has 0 radical (unpaired) electrons. The van der Waals surface area contributed by atoms with Crippen LogP contribution in [0.1, 0.15) is 22.7 Å². The Hall–Kier alpha value is -3.52. The Morgan fingerprint density at radius 1 is 1.00 bits per heavy atom. The number of hydrogen-bond acceptors (Lipinski definition) is 9. The number of hydrogen-bond donors (Lipinski definition) is 5. The molecule has 0 aliphatic rings. The molecule has 2 aromatic carbocycles. The van der Waals surface area contributed by atoms with Crippen molar-refractivity contribution in [3.8, 4) is 11.3 Å². The van der Waals surface area contributed by atoms with Crippen LogP contribution < -0.4 is 16.0 Å². The number of aromatic carboxylic acids is 1. The highest BCUT2D eigenvalue weighted by atomic mass is 35.5. The van der Waals surface area contributed by atoms with Crippen molar-refractivity contribution in [1.82, 2.24) is 15.6 Å². The molecule has 1 aromatic heterocycles. The summed E-state index contributed by atoms with van der Waals surface area (Å²) in [6, 6.07) is 10.4. The summed E-state index contributed by atoms with van der Waals surface area (Å²) in [5.74, 6) is -1.91. The van der Waals surface area contributed by atoms with E-state index in [0.29, 0.717) is 53.4 Å². The molecule has 12 nitrogen and oxygen atoms in total. The van der Waals surface area contributed by atoms with Crippen molar-refractivity contribution in [2.75, 3.05) is 44.8 Å². The van der Waals surface area contributed by atoms with Gasteiger partial charge in [-0.1, -0.05) is 35.3 Å². The maximum atomic E-state index is 13.2. The Balaban J connectivity index is 1.56. The average Bonchev–Trinajstić information content (AvgIpc) is 3.41. The SMILES string of the molecule is O=C(O)COCCOCCNCCC(NCc1ncc(-c2cc(Cl)ccc2Cl)o1)C(=O)Nc1ccccc1C(=O)O. The lowest BCUT2D eigenvalue weighted by Gasteiger charge is -2.19. The van der Waals surface area contributed by atoms with Gasteiger partial charge in [0.15, 0.2) is 5.76 Å². The minimum Gasteiger partial charge on any atom is -0.480 e. The van der Waals surface area contributed by atoms with Crippen molar-refractivity contribution >= 4 is 46.7 Å². The van der Waals surface area contributed by atoms with Gasteiger partial charge in [0.2, 0.25) is 11.8 Å². The second-order valence-electron chi connectivity index (χ2n) is 8.61. The van der Waals surface area contributed by atoms with Gasteiger partial charge in [-0.3, -0.25) is 10.1 Å². The summed E-state index contributed by atoms with van der Waals surface area (Å²) >= 11 is 12.3. The molecular weight excluding hydrogens is 579 g/mol. The molecule has 0 spiro atoms. The number of carbonyl (C=O) groups is 3. The molecule has 1 unspecified atom stereocenters. The van der Waals surface area contributed by atoms with Gasteiger partial charge in [0.25, 0.3) is 0 Å². The van der Waals surface area contributed by atoms with Gasteiger partial charge >= 0.3 is 11.9 Å². The Morgan fingerprint density at radius 2 is 1.78 bits per heavy atom. The summed E-state index contributed by atoms with van der Waals surface area (Å²) in [6.45, 7) is 1.43. The number of para-hydroxylation sites is 1. The standard InChI is InChI=1S/C27H30Cl2N4O8/c28-17-5-6-20(29)19(13-17)23-14-32-24(41-23)15-31-22(7-8-30-9-10-39-11-12-40-16-25(34)35)26(36)33-21-4-2-1-3-18(21)27(37)38/h1-6,13-14,22,30-31H,7-12,15-16H2,(H,33,36)(H,34,35)(H,37,38). The van der Waals surface area contributed by atoms with E-state index in [0.717, 1.165) is 0 Å². The Kier molecular flexibility index (Phi) is 13.0. The van der Waals surface area contributed by atoms with E-state index in [1.54, 1.807) is 30.3 Å². The van der Waals surface area contributed by atoms with Crippen LogP contribution in [0.5, 0.6) is 0 Å². The van der Waals surface area contributed by atoms with Gasteiger partial charge in [0.05, 0.1) is 54.9 Å². The van der Waals surface area contributed by atoms with Crippen LogP contribution in [0.2, 0.25) is 10.0 Å². The monoisotopic (exact) mass is 608 g/mol. The van der Waals surface area contributed by atoms with Crippen LogP contribution in [0.15, 0.2) is 53.1 Å². The van der Waals surface area contributed by atoms with Gasteiger partial charge in [0.1, 0.15) is 6.61 Å². The number of carboxylic acid groups (broad SMARTS) is 2. The van der Waals surface area contributed by atoms with E-state index >= 15 is 0 Å².